The number of fused-ring (bicyclic) bond motifs is 1. The highest BCUT2D eigenvalue weighted by molar-refractivity contribution is 5.89. The molecule has 0 spiro atoms. The van der Waals surface area contributed by atoms with Gasteiger partial charge in [-0.05, 0) is 49.3 Å². The highest BCUT2D eigenvalue weighted by Crippen LogP contribution is 2.27. The van der Waals surface area contributed by atoms with Crippen LogP contribution in [0.4, 0.5) is 0 Å². The van der Waals surface area contributed by atoms with Gasteiger partial charge in [0.15, 0.2) is 6.10 Å². The van der Waals surface area contributed by atoms with Crippen LogP contribution in [-0.4, -0.2) is 12.0 Å². The Morgan fingerprint density at radius 1 is 0.964 bits per heavy atom. The maximum Gasteiger partial charge on any atom is 0.261 e. The summed E-state index contributed by atoms with van der Waals surface area (Å²) >= 11 is 0. The van der Waals surface area contributed by atoms with Crippen LogP contribution in [0.5, 0.6) is 5.75 Å². The van der Waals surface area contributed by atoms with E-state index in [0.29, 0.717) is 6.42 Å². The molecule has 0 unspecified atom stereocenters. The van der Waals surface area contributed by atoms with Gasteiger partial charge >= 0.3 is 0 Å². The van der Waals surface area contributed by atoms with Crippen molar-refractivity contribution in [3.05, 3.63) is 77.4 Å². The Bertz CT molecular complexity index is 958. The highest BCUT2D eigenvalue weighted by Gasteiger charge is 2.23. The average molecular weight is 376 g/mol. The Labute approximate surface area is 167 Å². The van der Waals surface area contributed by atoms with Gasteiger partial charge in [-0.25, -0.2) is 0 Å². The van der Waals surface area contributed by atoms with E-state index in [1.54, 1.807) is 0 Å². The zero-order valence-corrected chi connectivity index (χ0v) is 17.2. The van der Waals surface area contributed by atoms with E-state index >= 15 is 0 Å². The summed E-state index contributed by atoms with van der Waals surface area (Å²) in [6.45, 7) is 8.26. The van der Waals surface area contributed by atoms with Crippen LogP contribution in [0.3, 0.4) is 0 Å². The molecule has 0 bridgehead atoms. The predicted octanol–water partition coefficient (Wildman–Crippen LogP) is 5.88. The molecule has 3 aromatic carbocycles. The largest absolute Gasteiger partial charge is 0.480 e. The predicted molar refractivity (Wildman–Crippen MR) is 116 cm³/mol. The van der Waals surface area contributed by atoms with Gasteiger partial charge in [0.25, 0.3) is 5.91 Å². The summed E-state index contributed by atoms with van der Waals surface area (Å²) in [6.07, 6.45) is 0.921. The summed E-state index contributed by atoms with van der Waals surface area (Å²) in [6, 6.07) is 20.4. The van der Waals surface area contributed by atoms with Gasteiger partial charge in [-0.3, -0.25) is 4.79 Å². The van der Waals surface area contributed by atoms with Crippen LogP contribution in [0, 0.1) is 13.8 Å². The first-order chi connectivity index (χ1) is 13.5. The Balaban J connectivity index is 1.79. The number of amides is 1. The lowest BCUT2D eigenvalue weighted by atomic mass is 9.97. The van der Waals surface area contributed by atoms with Gasteiger partial charge in [-0.15, -0.1) is 0 Å². The first-order valence-corrected chi connectivity index (χ1v) is 10.1. The molecule has 146 valence electrons. The third-order valence-corrected chi connectivity index (χ3v) is 5.21. The standard InChI is InChI=1S/C25H29NO2/c1-5-22(20-15-14-17(3)16-18(20)4)26-25(27)23(6-2)28-24-13-9-11-19-10-7-8-12-21(19)24/h7-16,22-23H,5-6H2,1-4H3,(H,26,27)/t22-,23-/m1/s1. The quantitative estimate of drug-likeness (QED) is 0.560. The van der Waals surface area contributed by atoms with Crippen molar-refractivity contribution in [3.8, 4) is 5.75 Å². The zero-order valence-electron chi connectivity index (χ0n) is 17.2. The van der Waals surface area contributed by atoms with Crippen LogP contribution in [0.1, 0.15) is 49.4 Å². The molecule has 3 aromatic rings. The maximum absolute atomic E-state index is 13.0. The van der Waals surface area contributed by atoms with E-state index < -0.39 is 6.10 Å². The molecular formula is C25H29NO2. The fourth-order valence-electron chi connectivity index (χ4n) is 3.65. The van der Waals surface area contributed by atoms with Gasteiger partial charge in [0.2, 0.25) is 0 Å². The van der Waals surface area contributed by atoms with E-state index in [1.165, 1.54) is 16.7 Å². The fraction of sp³-hybridized carbons (Fsp3) is 0.320. The Morgan fingerprint density at radius 2 is 1.71 bits per heavy atom. The number of benzene rings is 3. The normalized spacial score (nSPS) is 13.1. The van der Waals surface area contributed by atoms with Gasteiger partial charge in [0.05, 0.1) is 6.04 Å². The number of ether oxygens (including phenoxy) is 1. The smallest absolute Gasteiger partial charge is 0.261 e. The molecule has 0 saturated heterocycles. The second-order valence-electron chi connectivity index (χ2n) is 7.32. The molecule has 0 heterocycles. The van der Waals surface area contributed by atoms with Crippen molar-refractivity contribution in [2.45, 2.75) is 52.7 Å². The maximum atomic E-state index is 13.0. The minimum atomic E-state index is -0.523. The summed E-state index contributed by atoms with van der Waals surface area (Å²) < 4.78 is 6.16. The SMILES string of the molecule is CC[C@@H](Oc1cccc2ccccc12)C(=O)N[C@H](CC)c1ccc(C)cc1C. The Kier molecular flexibility index (Phi) is 6.35. The molecule has 0 aromatic heterocycles. The average Bonchev–Trinajstić information content (AvgIpc) is 2.70. The molecule has 0 aliphatic carbocycles. The van der Waals surface area contributed by atoms with E-state index in [-0.39, 0.29) is 11.9 Å². The minimum absolute atomic E-state index is 0.0155. The molecule has 3 rings (SSSR count). The Morgan fingerprint density at radius 3 is 2.43 bits per heavy atom. The molecule has 0 fully saturated rings. The van der Waals surface area contributed by atoms with E-state index in [2.05, 4.69) is 56.4 Å². The fourth-order valence-corrected chi connectivity index (χ4v) is 3.65. The van der Waals surface area contributed by atoms with Crippen LogP contribution in [0.25, 0.3) is 10.8 Å². The molecule has 0 saturated carbocycles. The van der Waals surface area contributed by atoms with Crippen molar-refractivity contribution >= 4 is 16.7 Å². The number of carbonyl (C=O) groups excluding carboxylic acids is 1. The van der Waals surface area contributed by atoms with Gasteiger partial charge in [0.1, 0.15) is 5.75 Å². The number of aryl methyl sites for hydroxylation is 2. The lowest BCUT2D eigenvalue weighted by molar-refractivity contribution is -0.128. The number of hydrogen-bond donors (Lipinski definition) is 1. The van der Waals surface area contributed by atoms with Crippen molar-refractivity contribution in [3.63, 3.8) is 0 Å². The molecule has 1 N–H and O–H groups in total. The third kappa shape index (κ3) is 4.36. The van der Waals surface area contributed by atoms with E-state index in [0.717, 1.165) is 22.9 Å². The molecule has 28 heavy (non-hydrogen) atoms. The molecule has 0 aliphatic rings. The van der Waals surface area contributed by atoms with Gasteiger partial charge in [-0.1, -0.05) is 74.0 Å². The molecule has 0 aliphatic heterocycles. The van der Waals surface area contributed by atoms with Crippen LogP contribution in [0.2, 0.25) is 0 Å². The molecule has 0 radical (unpaired) electrons. The van der Waals surface area contributed by atoms with E-state index in [1.807, 2.05) is 37.3 Å². The second kappa shape index (κ2) is 8.92. The first-order valence-electron chi connectivity index (χ1n) is 10.1. The first kappa shape index (κ1) is 19.9. The second-order valence-corrected chi connectivity index (χ2v) is 7.32. The zero-order chi connectivity index (χ0) is 20.1. The molecule has 3 nitrogen and oxygen atoms in total. The number of rotatable bonds is 7. The Hall–Kier alpha value is -2.81. The summed E-state index contributed by atoms with van der Waals surface area (Å²) in [5, 5.41) is 5.33. The lowest BCUT2D eigenvalue weighted by Crippen LogP contribution is -2.40. The van der Waals surface area contributed by atoms with Gasteiger partial charge in [-0.2, -0.15) is 0 Å². The van der Waals surface area contributed by atoms with Crippen molar-refractivity contribution in [1.82, 2.24) is 5.32 Å². The van der Waals surface area contributed by atoms with Crippen LogP contribution < -0.4 is 10.1 Å². The van der Waals surface area contributed by atoms with Gasteiger partial charge < -0.3 is 10.1 Å². The van der Waals surface area contributed by atoms with Gasteiger partial charge in [0, 0.05) is 5.39 Å². The third-order valence-electron chi connectivity index (χ3n) is 5.21. The molecular weight excluding hydrogens is 346 g/mol. The minimum Gasteiger partial charge on any atom is -0.480 e. The topological polar surface area (TPSA) is 38.3 Å². The summed E-state index contributed by atoms with van der Waals surface area (Å²) in [5.74, 6) is 0.682. The summed E-state index contributed by atoms with van der Waals surface area (Å²) in [4.78, 5) is 13.0. The number of carbonyl (C=O) groups is 1. The van der Waals surface area contributed by atoms with E-state index in [9.17, 15) is 4.79 Å². The summed E-state index contributed by atoms with van der Waals surface area (Å²) in [7, 11) is 0. The molecule has 3 heteroatoms. The lowest BCUT2D eigenvalue weighted by Gasteiger charge is -2.24. The number of hydrogen-bond acceptors (Lipinski definition) is 2. The molecule has 2 atom stereocenters. The molecule has 1 amide bonds. The van der Waals surface area contributed by atoms with Crippen molar-refractivity contribution in [2.24, 2.45) is 0 Å². The van der Waals surface area contributed by atoms with Crippen molar-refractivity contribution in [1.29, 1.82) is 0 Å². The highest BCUT2D eigenvalue weighted by atomic mass is 16.5. The van der Waals surface area contributed by atoms with Crippen LogP contribution in [0.15, 0.2) is 60.7 Å². The van der Waals surface area contributed by atoms with Crippen LogP contribution in [-0.2, 0) is 4.79 Å². The monoisotopic (exact) mass is 375 g/mol. The van der Waals surface area contributed by atoms with E-state index in [4.69, 9.17) is 4.74 Å². The summed E-state index contributed by atoms with van der Waals surface area (Å²) in [5.41, 5.74) is 3.60. The van der Waals surface area contributed by atoms with Crippen LogP contribution >= 0.6 is 0 Å². The number of nitrogens with one attached hydrogen (secondary N) is 1. The van der Waals surface area contributed by atoms with Crippen molar-refractivity contribution < 1.29 is 9.53 Å². The van der Waals surface area contributed by atoms with Crippen molar-refractivity contribution in [2.75, 3.05) is 0 Å².